The number of fused-ring (bicyclic) bond motifs is 3. The molecule has 4 aromatic rings. The molecule has 182 valence electrons. The van der Waals surface area contributed by atoms with Crippen LogP contribution in [0.5, 0.6) is 11.5 Å². The van der Waals surface area contributed by atoms with E-state index in [0.717, 1.165) is 34.8 Å². The van der Waals surface area contributed by atoms with Gasteiger partial charge in [-0.25, -0.2) is 0 Å². The Morgan fingerprint density at radius 2 is 1.00 bits per heavy atom. The first kappa shape index (κ1) is 23.5. The van der Waals surface area contributed by atoms with Crippen LogP contribution in [0.4, 0.5) is 0 Å². The summed E-state index contributed by atoms with van der Waals surface area (Å²) in [6.07, 6.45) is 0. The number of aromatic hydroxyl groups is 2. The van der Waals surface area contributed by atoms with Crippen molar-refractivity contribution >= 4 is 23.5 Å². The molecule has 2 saturated heterocycles. The van der Waals surface area contributed by atoms with Gasteiger partial charge in [-0.15, -0.1) is 0 Å². The average molecular weight is 513 g/mol. The first-order valence-corrected chi connectivity index (χ1v) is 14.4. The second kappa shape index (κ2) is 9.89. The van der Waals surface area contributed by atoms with Crippen LogP contribution < -0.4 is 0 Å². The van der Waals surface area contributed by atoms with E-state index < -0.39 is 5.41 Å². The highest BCUT2D eigenvalue weighted by Crippen LogP contribution is 2.56. The number of phenols is 2. The Morgan fingerprint density at radius 3 is 1.39 bits per heavy atom. The quantitative estimate of drug-likeness (QED) is 0.248. The molecular formula is C31H28O3S2. The summed E-state index contributed by atoms with van der Waals surface area (Å²) in [4.78, 5) is 0. The second-order valence-electron chi connectivity index (χ2n) is 9.38. The van der Waals surface area contributed by atoms with Crippen LogP contribution in [0.2, 0.25) is 0 Å². The van der Waals surface area contributed by atoms with Crippen LogP contribution >= 0.6 is 23.5 Å². The Hall–Kier alpha value is -2.86. The molecule has 2 aliphatic heterocycles. The summed E-state index contributed by atoms with van der Waals surface area (Å²) in [6, 6.07) is 31.9. The first-order chi connectivity index (χ1) is 17.7. The van der Waals surface area contributed by atoms with Gasteiger partial charge < -0.3 is 14.9 Å². The third-order valence-corrected chi connectivity index (χ3v) is 8.85. The Balaban J connectivity index is 0.000000223. The summed E-state index contributed by atoms with van der Waals surface area (Å²) in [7, 11) is 0. The van der Waals surface area contributed by atoms with Gasteiger partial charge in [0.2, 0.25) is 0 Å². The van der Waals surface area contributed by atoms with Gasteiger partial charge in [-0.1, -0.05) is 72.8 Å². The van der Waals surface area contributed by atoms with Crippen molar-refractivity contribution in [2.75, 3.05) is 24.7 Å². The summed E-state index contributed by atoms with van der Waals surface area (Å²) in [5.74, 6) is 3.16. The minimum absolute atomic E-state index is 0.249. The summed E-state index contributed by atoms with van der Waals surface area (Å²) >= 11 is 4.02. The molecule has 3 aliphatic rings. The van der Waals surface area contributed by atoms with Crippen molar-refractivity contribution in [1.29, 1.82) is 0 Å². The fraction of sp³-hybridized carbons (Fsp3) is 0.226. The number of hydrogen-bond acceptors (Lipinski definition) is 5. The highest BCUT2D eigenvalue weighted by molar-refractivity contribution is 8.07. The highest BCUT2D eigenvalue weighted by atomic mass is 32.2. The van der Waals surface area contributed by atoms with Crippen molar-refractivity contribution in [3.05, 3.63) is 119 Å². The topological polar surface area (TPSA) is 49.7 Å². The van der Waals surface area contributed by atoms with E-state index in [4.69, 9.17) is 4.74 Å². The van der Waals surface area contributed by atoms with Crippen LogP contribution in [-0.2, 0) is 10.2 Å². The molecule has 0 radical (unpaired) electrons. The molecule has 5 heteroatoms. The zero-order valence-corrected chi connectivity index (χ0v) is 21.5. The molecule has 7 rings (SSSR count). The molecule has 2 N–H and O–H groups in total. The summed E-state index contributed by atoms with van der Waals surface area (Å²) in [6.45, 7) is 2.00. The fourth-order valence-electron chi connectivity index (χ4n) is 5.11. The molecule has 36 heavy (non-hydrogen) atoms. The average Bonchev–Trinajstić information content (AvgIpc) is 3.85. The largest absolute Gasteiger partial charge is 0.508 e. The van der Waals surface area contributed by atoms with Gasteiger partial charge in [0, 0.05) is 22.0 Å². The van der Waals surface area contributed by atoms with Gasteiger partial charge >= 0.3 is 0 Å². The fourth-order valence-corrected chi connectivity index (χ4v) is 5.96. The van der Waals surface area contributed by atoms with Crippen LogP contribution in [0.3, 0.4) is 0 Å². The van der Waals surface area contributed by atoms with Crippen molar-refractivity contribution in [2.24, 2.45) is 0 Å². The van der Waals surface area contributed by atoms with E-state index in [0.29, 0.717) is 0 Å². The smallest absolute Gasteiger partial charge is 0.115 e. The van der Waals surface area contributed by atoms with E-state index in [1.54, 1.807) is 24.3 Å². The van der Waals surface area contributed by atoms with Crippen LogP contribution in [0.15, 0.2) is 97.1 Å². The predicted molar refractivity (Wildman–Crippen MR) is 150 cm³/mol. The van der Waals surface area contributed by atoms with Crippen molar-refractivity contribution in [3.63, 3.8) is 0 Å². The van der Waals surface area contributed by atoms with Gasteiger partial charge in [-0.05, 0) is 57.6 Å². The number of hydrogen-bond donors (Lipinski definition) is 2. The molecule has 0 saturated carbocycles. The maximum atomic E-state index is 9.85. The SMILES string of the molecule is C(OCC1CS1)C1CS1.Oc1ccc(C2(c3ccc(O)cc3)c3ccccc3-c3ccccc32)cc1. The lowest BCUT2D eigenvalue weighted by atomic mass is 9.68. The number of rotatable bonds is 6. The Bertz CT molecular complexity index is 1240. The summed E-state index contributed by atoms with van der Waals surface area (Å²) < 4.78 is 5.44. The molecule has 4 aromatic carbocycles. The van der Waals surface area contributed by atoms with Crippen LogP contribution in [0.1, 0.15) is 22.3 Å². The van der Waals surface area contributed by atoms with Gasteiger partial charge in [-0.3, -0.25) is 0 Å². The van der Waals surface area contributed by atoms with E-state index in [1.807, 2.05) is 47.8 Å². The minimum atomic E-state index is -0.491. The summed E-state index contributed by atoms with van der Waals surface area (Å²) in [5.41, 5.74) is 6.54. The maximum Gasteiger partial charge on any atom is 0.115 e. The number of benzene rings is 4. The van der Waals surface area contributed by atoms with Gasteiger partial charge in [0.05, 0.1) is 18.6 Å². The minimum Gasteiger partial charge on any atom is -0.508 e. The van der Waals surface area contributed by atoms with Crippen LogP contribution in [0.25, 0.3) is 11.1 Å². The van der Waals surface area contributed by atoms with Crippen molar-refractivity contribution in [2.45, 2.75) is 15.9 Å². The monoisotopic (exact) mass is 512 g/mol. The predicted octanol–water partition coefficient (Wildman–Crippen LogP) is 6.69. The molecular weight excluding hydrogens is 484 g/mol. The van der Waals surface area contributed by atoms with E-state index in [9.17, 15) is 10.2 Å². The lowest BCUT2D eigenvalue weighted by molar-refractivity contribution is 0.150. The van der Waals surface area contributed by atoms with E-state index in [1.165, 1.54) is 33.8 Å². The molecule has 2 heterocycles. The van der Waals surface area contributed by atoms with Crippen molar-refractivity contribution in [1.82, 2.24) is 0 Å². The molecule has 2 fully saturated rings. The normalized spacial score (nSPS) is 20.0. The zero-order chi connectivity index (χ0) is 24.5. The van der Waals surface area contributed by atoms with Gasteiger partial charge in [0.1, 0.15) is 11.5 Å². The molecule has 0 bridgehead atoms. The van der Waals surface area contributed by atoms with Crippen LogP contribution in [0, 0.1) is 0 Å². The van der Waals surface area contributed by atoms with Crippen molar-refractivity contribution < 1.29 is 14.9 Å². The summed E-state index contributed by atoms with van der Waals surface area (Å²) in [5, 5.41) is 21.4. The van der Waals surface area contributed by atoms with Gasteiger partial charge in [0.15, 0.2) is 0 Å². The standard InChI is InChI=1S/C25H18O2.C6H10OS2/c26-19-13-9-17(10-14-19)25(18-11-15-20(27)16-12-18)23-7-3-1-5-21(23)22-6-2-4-8-24(22)25;1(5-3-8-5)7-2-6-4-9-6/h1-16,26-27H;5-6H,1-4H2. The molecule has 3 nitrogen and oxygen atoms in total. The maximum absolute atomic E-state index is 9.85. The van der Waals surface area contributed by atoms with E-state index >= 15 is 0 Å². The van der Waals surface area contributed by atoms with Crippen LogP contribution in [-0.4, -0.2) is 45.4 Å². The van der Waals surface area contributed by atoms with Gasteiger partial charge in [0.25, 0.3) is 0 Å². The third kappa shape index (κ3) is 4.52. The Kier molecular flexibility index (Phi) is 6.46. The van der Waals surface area contributed by atoms with Crippen molar-refractivity contribution in [3.8, 4) is 22.6 Å². The second-order valence-corrected chi connectivity index (χ2v) is 12.0. The molecule has 2 atom stereocenters. The molecule has 0 spiro atoms. The molecule has 2 unspecified atom stereocenters. The Morgan fingerprint density at radius 1 is 0.611 bits per heavy atom. The first-order valence-electron chi connectivity index (χ1n) is 12.3. The number of phenolic OH excluding ortho intramolecular Hbond substituents is 2. The number of ether oxygens (including phenoxy) is 1. The van der Waals surface area contributed by atoms with E-state index in [-0.39, 0.29) is 11.5 Å². The zero-order valence-electron chi connectivity index (χ0n) is 19.8. The lowest BCUT2D eigenvalue weighted by Gasteiger charge is -2.33. The lowest BCUT2D eigenvalue weighted by Crippen LogP contribution is -2.28. The highest BCUT2D eigenvalue weighted by Gasteiger charge is 2.45. The van der Waals surface area contributed by atoms with E-state index in [2.05, 4.69) is 48.5 Å². The molecule has 0 aromatic heterocycles. The Labute approximate surface area is 220 Å². The number of thioether (sulfide) groups is 2. The third-order valence-electron chi connectivity index (χ3n) is 6.97. The molecule has 0 amide bonds. The van der Waals surface area contributed by atoms with Gasteiger partial charge in [-0.2, -0.15) is 23.5 Å². The molecule has 1 aliphatic carbocycles.